The molecule has 4 rings (SSSR count). The van der Waals surface area contributed by atoms with Gasteiger partial charge in [0.2, 0.25) is 5.95 Å². The molecule has 2 aromatic heterocycles. The normalized spacial score (nSPS) is 14.8. The molecule has 0 unspecified atom stereocenters. The van der Waals surface area contributed by atoms with Gasteiger partial charge in [0, 0.05) is 12.3 Å². The fourth-order valence-electron chi connectivity index (χ4n) is 2.65. The molecule has 1 aliphatic rings. The van der Waals surface area contributed by atoms with Crippen LogP contribution in [0.25, 0.3) is 11.0 Å². The maximum Gasteiger partial charge on any atom is 0.573 e. The number of benzene rings is 1. The van der Waals surface area contributed by atoms with Crippen molar-refractivity contribution in [3.05, 3.63) is 24.3 Å². The van der Waals surface area contributed by atoms with Crippen LogP contribution in [0.1, 0.15) is 12.8 Å². The highest BCUT2D eigenvalue weighted by Crippen LogP contribution is 2.34. The zero-order valence-corrected chi connectivity index (χ0v) is 15.7. The molecule has 1 aliphatic carbocycles. The molecule has 9 nitrogen and oxygen atoms in total. The van der Waals surface area contributed by atoms with Crippen molar-refractivity contribution in [3.63, 3.8) is 0 Å². The molecule has 154 valence electrons. The van der Waals surface area contributed by atoms with Crippen LogP contribution < -0.4 is 15.4 Å². The number of alkyl halides is 3. The maximum atomic E-state index is 12.6. The number of para-hydroxylation sites is 2. The Balaban J connectivity index is 1.76. The standard InChI is InChI=1S/C16H15F3N6O3S/c1-29(26,27)14-11-12(20-8-6-7-8)22-15(23-13(11)24-25-14)21-9-4-2-3-5-10(9)28-16(17,18)19/h2-5,8H,6-7H2,1H3,(H3,20,21,22,23,24,25). The van der Waals surface area contributed by atoms with Crippen LogP contribution in [0.2, 0.25) is 0 Å². The second-order valence-electron chi connectivity index (χ2n) is 6.51. The van der Waals surface area contributed by atoms with Gasteiger partial charge >= 0.3 is 6.36 Å². The Kier molecular flexibility index (Phi) is 4.48. The molecule has 1 saturated carbocycles. The number of H-pyrrole nitrogens is 1. The van der Waals surface area contributed by atoms with E-state index in [9.17, 15) is 21.6 Å². The van der Waals surface area contributed by atoms with E-state index < -0.39 is 21.9 Å². The maximum absolute atomic E-state index is 12.6. The molecule has 0 saturated heterocycles. The summed E-state index contributed by atoms with van der Waals surface area (Å²) in [7, 11) is -3.63. The number of hydrogen-bond donors (Lipinski definition) is 3. The van der Waals surface area contributed by atoms with Crippen LogP contribution in [0, 0.1) is 0 Å². The lowest BCUT2D eigenvalue weighted by atomic mass is 10.3. The summed E-state index contributed by atoms with van der Waals surface area (Å²) in [5.74, 6) is -0.298. The van der Waals surface area contributed by atoms with E-state index in [2.05, 4.69) is 35.5 Å². The van der Waals surface area contributed by atoms with Crippen LogP contribution in [0.5, 0.6) is 5.75 Å². The molecule has 0 amide bonds. The topological polar surface area (TPSA) is 122 Å². The number of hydrogen-bond acceptors (Lipinski definition) is 8. The van der Waals surface area contributed by atoms with Crippen molar-refractivity contribution in [1.29, 1.82) is 0 Å². The van der Waals surface area contributed by atoms with Crippen LogP contribution in [0.3, 0.4) is 0 Å². The van der Waals surface area contributed by atoms with Crippen molar-refractivity contribution in [3.8, 4) is 5.75 Å². The van der Waals surface area contributed by atoms with Gasteiger partial charge in [-0.05, 0) is 25.0 Å². The van der Waals surface area contributed by atoms with Crippen molar-refractivity contribution < 1.29 is 26.3 Å². The van der Waals surface area contributed by atoms with Gasteiger partial charge in [-0.15, -0.1) is 13.2 Å². The van der Waals surface area contributed by atoms with Crippen molar-refractivity contribution in [2.45, 2.75) is 30.3 Å². The van der Waals surface area contributed by atoms with Gasteiger partial charge in [0.25, 0.3) is 0 Å². The zero-order valence-electron chi connectivity index (χ0n) is 14.9. The Hall–Kier alpha value is -3.09. The highest BCUT2D eigenvalue weighted by molar-refractivity contribution is 7.90. The van der Waals surface area contributed by atoms with E-state index in [1.807, 2.05) is 0 Å². The molecule has 0 atom stereocenters. The van der Waals surface area contributed by atoms with Gasteiger partial charge in [-0.1, -0.05) is 12.1 Å². The van der Waals surface area contributed by atoms with Crippen molar-refractivity contribution in [2.24, 2.45) is 0 Å². The molecular formula is C16H15F3N6O3S. The molecule has 1 fully saturated rings. The Morgan fingerprint density at radius 1 is 1.21 bits per heavy atom. The molecule has 13 heteroatoms. The highest BCUT2D eigenvalue weighted by Gasteiger charge is 2.32. The minimum absolute atomic E-state index is 0.0135. The molecule has 0 bridgehead atoms. The van der Waals surface area contributed by atoms with Crippen LogP contribution in [0.4, 0.5) is 30.6 Å². The SMILES string of the molecule is CS(=O)(=O)c1[nH]nc2nc(Nc3ccccc3OC(F)(F)F)nc(NC3CC3)c12. The summed E-state index contributed by atoms with van der Waals surface area (Å²) in [6.45, 7) is 0. The van der Waals surface area contributed by atoms with Crippen LogP contribution >= 0.6 is 0 Å². The quantitative estimate of drug-likeness (QED) is 0.548. The van der Waals surface area contributed by atoms with Gasteiger partial charge < -0.3 is 15.4 Å². The first kappa shape index (κ1) is 19.2. The lowest BCUT2D eigenvalue weighted by Gasteiger charge is -2.14. The molecule has 1 aromatic carbocycles. The zero-order chi connectivity index (χ0) is 20.8. The molecule has 29 heavy (non-hydrogen) atoms. The van der Waals surface area contributed by atoms with E-state index in [1.54, 1.807) is 0 Å². The Morgan fingerprint density at radius 2 is 1.93 bits per heavy atom. The van der Waals surface area contributed by atoms with E-state index in [0.717, 1.165) is 25.2 Å². The van der Waals surface area contributed by atoms with Gasteiger partial charge in [-0.2, -0.15) is 15.1 Å². The predicted octanol–water partition coefficient (Wildman–Crippen LogP) is 2.97. The Labute approximate surface area is 162 Å². The van der Waals surface area contributed by atoms with Gasteiger partial charge in [0.15, 0.2) is 26.3 Å². The molecule has 0 aliphatic heterocycles. The number of aromatic amines is 1. The minimum Gasteiger partial charge on any atom is -0.404 e. The van der Waals surface area contributed by atoms with E-state index in [-0.39, 0.29) is 39.6 Å². The van der Waals surface area contributed by atoms with Gasteiger partial charge in [0.05, 0.1) is 5.69 Å². The van der Waals surface area contributed by atoms with Crippen molar-refractivity contribution in [1.82, 2.24) is 20.2 Å². The van der Waals surface area contributed by atoms with Gasteiger partial charge in [-0.25, -0.2) is 8.42 Å². The fraction of sp³-hybridized carbons (Fsp3) is 0.312. The van der Waals surface area contributed by atoms with Crippen LogP contribution in [-0.2, 0) is 9.84 Å². The largest absolute Gasteiger partial charge is 0.573 e. The van der Waals surface area contributed by atoms with Gasteiger partial charge in [0.1, 0.15) is 11.2 Å². The van der Waals surface area contributed by atoms with Crippen LogP contribution in [-0.4, -0.2) is 47.2 Å². The number of anilines is 3. The minimum atomic E-state index is -4.87. The second-order valence-corrected chi connectivity index (χ2v) is 8.46. The lowest BCUT2D eigenvalue weighted by molar-refractivity contribution is -0.274. The summed E-state index contributed by atoms with van der Waals surface area (Å²) >= 11 is 0. The number of halogens is 3. The van der Waals surface area contributed by atoms with E-state index in [0.29, 0.717) is 0 Å². The smallest absolute Gasteiger partial charge is 0.404 e. The first-order chi connectivity index (χ1) is 13.6. The Morgan fingerprint density at radius 3 is 2.59 bits per heavy atom. The molecule has 0 radical (unpaired) electrons. The molecular weight excluding hydrogens is 413 g/mol. The molecule has 3 aromatic rings. The second kappa shape index (κ2) is 6.76. The third-order valence-corrected chi connectivity index (χ3v) is 5.07. The van der Waals surface area contributed by atoms with Crippen molar-refractivity contribution in [2.75, 3.05) is 16.9 Å². The van der Waals surface area contributed by atoms with E-state index in [1.165, 1.54) is 18.2 Å². The predicted molar refractivity (Wildman–Crippen MR) is 97.8 cm³/mol. The average Bonchev–Trinajstić information content (AvgIpc) is 3.29. The summed E-state index contributed by atoms with van der Waals surface area (Å²) in [5.41, 5.74) is 0.0423. The summed E-state index contributed by atoms with van der Waals surface area (Å²) in [5, 5.41) is 12.2. The number of aromatic nitrogens is 4. The average molecular weight is 428 g/mol. The van der Waals surface area contributed by atoms with Crippen molar-refractivity contribution >= 4 is 38.3 Å². The Bertz CT molecular complexity index is 1170. The monoisotopic (exact) mass is 428 g/mol. The number of rotatable bonds is 6. The fourth-order valence-corrected chi connectivity index (χ4v) is 3.42. The first-order valence-corrected chi connectivity index (χ1v) is 10.3. The third-order valence-electron chi connectivity index (χ3n) is 4.03. The highest BCUT2D eigenvalue weighted by atomic mass is 32.2. The van der Waals surface area contributed by atoms with Gasteiger partial charge in [-0.3, -0.25) is 5.10 Å². The molecule has 3 N–H and O–H groups in total. The first-order valence-electron chi connectivity index (χ1n) is 8.45. The van der Waals surface area contributed by atoms with E-state index >= 15 is 0 Å². The summed E-state index contributed by atoms with van der Waals surface area (Å²) in [4.78, 5) is 8.39. The number of sulfone groups is 1. The number of nitrogens with one attached hydrogen (secondary N) is 3. The number of nitrogens with zero attached hydrogens (tertiary/aromatic N) is 3. The summed E-state index contributed by atoms with van der Waals surface area (Å²) in [6.07, 6.45) is -2.06. The summed E-state index contributed by atoms with van der Waals surface area (Å²) in [6, 6.07) is 5.55. The molecule has 2 heterocycles. The van der Waals surface area contributed by atoms with E-state index in [4.69, 9.17) is 0 Å². The summed E-state index contributed by atoms with van der Waals surface area (Å²) < 4.78 is 66.0. The number of fused-ring (bicyclic) bond motifs is 1. The third kappa shape index (κ3) is 4.34. The number of ether oxygens (including phenoxy) is 1. The molecule has 0 spiro atoms. The van der Waals surface area contributed by atoms with Crippen LogP contribution in [0.15, 0.2) is 29.3 Å². The lowest BCUT2D eigenvalue weighted by Crippen LogP contribution is -2.18.